The van der Waals surface area contributed by atoms with Gasteiger partial charge in [-0.1, -0.05) is 22.0 Å². The molecule has 0 atom stereocenters. The van der Waals surface area contributed by atoms with Gasteiger partial charge in [0.25, 0.3) is 0 Å². The Morgan fingerprint density at radius 2 is 2.00 bits per heavy atom. The van der Waals surface area contributed by atoms with Crippen molar-refractivity contribution in [2.24, 2.45) is 0 Å². The van der Waals surface area contributed by atoms with E-state index in [9.17, 15) is 5.11 Å². The lowest BCUT2D eigenvalue weighted by Crippen LogP contribution is -2.21. The van der Waals surface area contributed by atoms with Gasteiger partial charge < -0.3 is 9.84 Å². The number of hydrogen-bond acceptors (Lipinski definition) is 3. The molecule has 0 amide bonds. The van der Waals surface area contributed by atoms with Crippen molar-refractivity contribution in [1.82, 2.24) is 4.98 Å². The standard InChI is InChI=1S/C15H18BrNO2/c1-10-6-11-8-14(19-5-4-15(2,3)18)17-9-12(11)7-13(10)16/h6-9,18H,4-5H2,1-3H3. The van der Waals surface area contributed by atoms with E-state index in [4.69, 9.17) is 4.74 Å². The second-order valence-corrected chi connectivity index (χ2v) is 6.24. The van der Waals surface area contributed by atoms with E-state index < -0.39 is 5.60 Å². The van der Waals surface area contributed by atoms with Crippen LogP contribution in [0.2, 0.25) is 0 Å². The van der Waals surface area contributed by atoms with Crippen molar-refractivity contribution < 1.29 is 9.84 Å². The first-order chi connectivity index (χ1) is 8.85. The van der Waals surface area contributed by atoms with Crippen LogP contribution < -0.4 is 4.74 Å². The highest BCUT2D eigenvalue weighted by Crippen LogP contribution is 2.25. The maximum atomic E-state index is 9.63. The molecule has 3 nitrogen and oxygen atoms in total. The van der Waals surface area contributed by atoms with Gasteiger partial charge in [0.05, 0.1) is 12.2 Å². The molecule has 2 aromatic rings. The zero-order chi connectivity index (χ0) is 14.0. The summed E-state index contributed by atoms with van der Waals surface area (Å²) < 4.78 is 6.66. The average molecular weight is 324 g/mol. The monoisotopic (exact) mass is 323 g/mol. The molecule has 0 spiro atoms. The number of pyridine rings is 1. The zero-order valence-corrected chi connectivity index (χ0v) is 13.0. The van der Waals surface area contributed by atoms with Crippen LogP contribution in [0.1, 0.15) is 25.8 Å². The summed E-state index contributed by atoms with van der Waals surface area (Å²) >= 11 is 3.51. The first kappa shape index (κ1) is 14.3. The number of nitrogens with zero attached hydrogens (tertiary/aromatic N) is 1. The summed E-state index contributed by atoms with van der Waals surface area (Å²) in [6.45, 7) is 6.05. The Balaban J connectivity index is 2.15. The Bertz CT molecular complexity index is 590. The number of benzene rings is 1. The van der Waals surface area contributed by atoms with E-state index >= 15 is 0 Å². The first-order valence-electron chi connectivity index (χ1n) is 6.26. The second kappa shape index (κ2) is 5.47. The lowest BCUT2D eigenvalue weighted by molar-refractivity contribution is 0.0547. The fraction of sp³-hybridized carbons (Fsp3) is 0.400. The fourth-order valence-corrected chi connectivity index (χ4v) is 2.10. The quantitative estimate of drug-likeness (QED) is 0.929. The Hall–Kier alpha value is -1.13. The van der Waals surface area contributed by atoms with Crippen molar-refractivity contribution in [2.75, 3.05) is 6.61 Å². The number of ether oxygens (including phenoxy) is 1. The molecule has 1 N–H and O–H groups in total. The molecular weight excluding hydrogens is 306 g/mol. The molecule has 102 valence electrons. The largest absolute Gasteiger partial charge is 0.478 e. The molecule has 0 aliphatic heterocycles. The molecule has 19 heavy (non-hydrogen) atoms. The molecule has 0 unspecified atom stereocenters. The average Bonchev–Trinajstić information content (AvgIpc) is 2.29. The minimum atomic E-state index is -0.710. The third-order valence-corrected chi connectivity index (χ3v) is 3.79. The van der Waals surface area contributed by atoms with Gasteiger partial charge in [0.1, 0.15) is 0 Å². The van der Waals surface area contributed by atoms with E-state index in [0.717, 1.165) is 15.2 Å². The van der Waals surface area contributed by atoms with Crippen LogP contribution >= 0.6 is 15.9 Å². The Morgan fingerprint density at radius 1 is 1.26 bits per heavy atom. The third kappa shape index (κ3) is 3.91. The van der Waals surface area contributed by atoms with Crippen molar-refractivity contribution in [3.8, 4) is 5.88 Å². The molecule has 1 heterocycles. The molecule has 0 bridgehead atoms. The van der Waals surface area contributed by atoms with Crippen LogP contribution in [0.25, 0.3) is 10.8 Å². The number of fused-ring (bicyclic) bond motifs is 1. The number of rotatable bonds is 4. The zero-order valence-electron chi connectivity index (χ0n) is 11.4. The van der Waals surface area contributed by atoms with E-state index in [1.807, 2.05) is 6.07 Å². The number of halogens is 1. The van der Waals surface area contributed by atoms with E-state index in [1.165, 1.54) is 5.56 Å². The Kier molecular flexibility index (Phi) is 4.11. The van der Waals surface area contributed by atoms with Gasteiger partial charge >= 0.3 is 0 Å². The molecule has 0 aliphatic carbocycles. The summed E-state index contributed by atoms with van der Waals surface area (Å²) in [5, 5.41) is 11.8. The maximum absolute atomic E-state index is 9.63. The summed E-state index contributed by atoms with van der Waals surface area (Å²) in [4.78, 5) is 4.27. The normalized spacial score (nSPS) is 11.8. The molecule has 4 heteroatoms. The topological polar surface area (TPSA) is 42.4 Å². The number of hydrogen-bond donors (Lipinski definition) is 1. The van der Waals surface area contributed by atoms with Gasteiger partial charge in [-0.05, 0) is 37.8 Å². The van der Waals surface area contributed by atoms with E-state index in [0.29, 0.717) is 18.9 Å². The number of aliphatic hydroxyl groups is 1. The smallest absolute Gasteiger partial charge is 0.213 e. The number of aryl methyl sites for hydroxylation is 1. The summed E-state index contributed by atoms with van der Waals surface area (Å²) in [6.07, 6.45) is 2.38. The van der Waals surface area contributed by atoms with E-state index in [2.05, 4.69) is 40.0 Å². The highest BCUT2D eigenvalue weighted by Gasteiger charge is 2.12. The molecule has 0 fully saturated rings. The second-order valence-electron chi connectivity index (χ2n) is 5.38. The molecule has 0 saturated heterocycles. The van der Waals surface area contributed by atoms with Crippen molar-refractivity contribution >= 4 is 26.7 Å². The van der Waals surface area contributed by atoms with Gasteiger partial charge in [-0.3, -0.25) is 0 Å². The lowest BCUT2D eigenvalue weighted by atomic mass is 10.1. The van der Waals surface area contributed by atoms with Gasteiger partial charge in [-0.15, -0.1) is 0 Å². The van der Waals surface area contributed by atoms with Crippen molar-refractivity contribution in [1.29, 1.82) is 0 Å². The van der Waals surface area contributed by atoms with Crippen LogP contribution in [0.4, 0.5) is 0 Å². The van der Waals surface area contributed by atoms with Gasteiger partial charge in [0.2, 0.25) is 5.88 Å². The van der Waals surface area contributed by atoms with Crippen molar-refractivity contribution in [3.05, 3.63) is 34.4 Å². The van der Waals surface area contributed by atoms with E-state index in [1.54, 1.807) is 20.0 Å². The first-order valence-corrected chi connectivity index (χ1v) is 7.05. The predicted octanol–water partition coefficient (Wildman–Crippen LogP) is 3.85. The van der Waals surface area contributed by atoms with Crippen molar-refractivity contribution in [2.45, 2.75) is 32.8 Å². The number of aromatic nitrogens is 1. The molecule has 2 rings (SSSR count). The van der Waals surface area contributed by atoms with Crippen LogP contribution in [0.3, 0.4) is 0 Å². The summed E-state index contributed by atoms with van der Waals surface area (Å²) in [5.41, 5.74) is 0.472. The van der Waals surface area contributed by atoms with Crippen LogP contribution in [-0.4, -0.2) is 22.3 Å². The molecule has 1 aromatic heterocycles. The third-order valence-electron chi connectivity index (χ3n) is 2.94. The Labute approximate surface area is 121 Å². The SMILES string of the molecule is Cc1cc2cc(OCCC(C)(C)O)ncc2cc1Br. The fourth-order valence-electron chi connectivity index (χ4n) is 1.74. The van der Waals surface area contributed by atoms with Gasteiger partial charge in [0.15, 0.2) is 0 Å². The summed E-state index contributed by atoms with van der Waals surface area (Å²) in [7, 11) is 0. The molecule has 0 radical (unpaired) electrons. The van der Waals surface area contributed by atoms with Crippen LogP contribution in [0, 0.1) is 6.92 Å². The van der Waals surface area contributed by atoms with Gasteiger partial charge in [-0.2, -0.15) is 0 Å². The van der Waals surface area contributed by atoms with Gasteiger partial charge in [-0.25, -0.2) is 4.98 Å². The molecular formula is C15H18BrNO2. The predicted molar refractivity (Wildman–Crippen MR) is 80.6 cm³/mol. The minimum Gasteiger partial charge on any atom is -0.478 e. The van der Waals surface area contributed by atoms with E-state index in [-0.39, 0.29) is 0 Å². The van der Waals surface area contributed by atoms with Gasteiger partial charge in [0, 0.05) is 28.5 Å². The van der Waals surface area contributed by atoms with Crippen molar-refractivity contribution in [3.63, 3.8) is 0 Å². The molecule has 0 aliphatic rings. The highest BCUT2D eigenvalue weighted by molar-refractivity contribution is 9.10. The minimum absolute atomic E-state index is 0.456. The molecule has 1 aromatic carbocycles. The Morgan fingerprint density at radius 3 is 2.68 bits per heavy atom. The maximum Gasteiger partial charge on any atom is 0.213 e. The van der Waals surface area contributed by atoms with Crippen LogP contribution in [0.5, 0.6) is 5.88 Å². The summed E-state index contributed by atoms with van der Waals surface area (Å²) in [6, 6.07) is 6.08. The van der Waals surface area contributed by atoms with Crippen LogP contribution in [-0.2, 0) is 0 Å². The highest BCUT2D eigenvalue weighted by atomic mass is 79.9. The summed E-state index contributed by atoms with van der Waals surface area (Å²) in [5.74, 6) is 0.596. The molecule has 0 saturated carbocycles. The van der Waals surface area contributed by atoms with Crippen LogP contribution in [0.15, 0.2) is 28.9 Å². The lowest BCUT2D eigenvalue weighted by Gasteiger charge is -2.16.